The van der Waals surface area contributed by atoms with Gasteiger partial charge in [0.1, 0.15) is 0 Å². The van der Waals surface area contributed by atoms with Gasteiger partial charge in [0.2, 0.25) is 0 Å². The van der Waals surface area contributed by atoms with Crippen LogP contribution >= 0.6 is 23.1 Å². The number of hydrogen-bond donors (Lipinski definition) is 2. The van der Waals surface area contributed by atoms with E-state index in [2.05, 4.69) is 15.3 Å². The Labute approximate surface area is 184 Å². The molecular formula is C20H26N4O4S2. The van der Waals surface area contributed by atoms with E-state index in [9.17, 15) is 9.59 Å². The zero-order valence-corrected chi connectivity index (χ0v) is 18.3. The Hall–Kier alpha value is -2.17. The lowest BCUT2D eigenvalue weighted by atomic mass is 9.94. The molecule has 2 amide bonds. The fourth-order valence-corrected chi connectivity index (χ4v) is 4.94. The third-order valence-corrected chi connectivity index (χ3v) is 6.90. The van der Waals surface area contributed by atoms with E-state index < -0.39 is 5.97 Å². The summed E-state index contributed by atoms with van der Waals surface area (Å²) in [5, 5.41) is 12.1. The standard InChI is InChI=1S/C20H26N4O4S2/c25-17(26)14-29-18-12-22-19(30-18)23-20(27)24(16-4-2-1-3-5-16)10-11-28-13-15-6-8-21-9-7-15/h6-9,12,16H,1-5,10-11,13-14H2,(H,25,26)(H,22,23,27). The first-order valence-corrected chi connectivity index (χ1v) is 11.8. The maximum absolute atomic E-state index is 13.0. The highest BCUT2D eigenvalue weighted by Crippen LogP contribution is 2.29. The van der Waals surface area contributed by atoms with Gasteiger partial charge in [-0.05, 0) is 30.5 Å². The number of pyridine rings is 1. The fourth-order valence-electron chi connectivity index (χ4n) is 3.35. The summed E-state index contributed by atoms with van der Waals surface area (Å²) in [5.74, 6) is -0.910. The van der Waals surface area contributed by atoms with Gasteiger partial charge in [0.25, 0.3) is 0 Å². The Morgan fingerprint density at radius 3 is 2.77 bits per heavy atom. The number of carbonyl (C=O) groups is 2. The fraction of sp³-hybridized carbons (Fsp3) is 0.500. The number of carbonyl (C=O) groups excluding carboxylic acids is 1. The molecule has 8 nitrogen and oxygen atoms in total. The first-order chi connectivity index (χ1) is 14.6. The summed E-state index contributed by atoms with van der Waals surface area (Å²) in [6.07, 6.45) is 10.5. The molecule has 162 valence electrons. The summed E-state index contributed by atoms with van der Waals surface area (Å²) in [4.78, 5) is 33.7. The number of amides is 2. The van der Waals surface area contributed by atoms with Crippen LogP contribution in [0.5, 0.6) is 0 Å². The van der Waals surface area contributed by atoms with Gasteiger partial charge in [0, 0.05) is 25.0 Å². The normalized spacial score (nSPS) is 14.4. The van der Waals surface area contributed by atoms with E-state index in [-0.39, 0.29) is 17.8 Å². The van der Waals surface area contributed by atoms with Crippen molar-refractivity contribution in [2.24, 2.45) is 0 Å². The molecule has 0 atom stereocenters. The number of aliphatic carboxylic acids is 1. The summed E-state index contributed by atoms with van der Waals surface area (Å²) in [7, 11) is 0. The second-order valence-corrected chi connectivity index (χ2v) is 9.30. The number of nitrogens with zero attached hydrogens (tertiary/aromatic N) is 3. The minimum Gasteiger partial charge on any atom is -0.481 e. The molecule has 0 aliphatic heterocycles. The van der Waals surface area contributed by atoms with Crippen LogP contribution in [0.4, 0.5) is 9.93 Å². The maximum Gasteiger partial charge on any atom is 0.323 e. The Morgan fingerprint density at radius 2 is 2.03 bits per heavy atom. The highest BCUT2D eigenvalue weighted by Gasteiger charge is 2.26. The molecule has 0 bridgehead atoms. The molecule has 0 radical (unpaired) electrons. The van der Waals surface area contributed by atoms with Gasteiger partial charge in [0.05, 0.1) is 29.4 Å². The lowest BCUT2D eigenvalue weighted by molar-refractivity contribution is -0.133. The zero-order chi connectivity index (χ0) is 21.2. The van der Waals surface area contributed by atoms with Crippen LogP contribution in [0.1, 0.15) is 37.7 Å². The van der Waals surface area contributed by atoms with Crippen molar-refractivity contribution in [2.75, 3.05) is 24.2 Å². The number of nitrogens with one attached hydrogen (secondary N) is 1. The molecule has 0 unspecified atom stereocenters. The van der Waals surface area contributed by atoms with E-state index in [1.165, 1.54) is 29.5 Å². The van der Waals surface area contributed by atoms with Gasteiger partial charge in [0.15, 0.2) is 5.13 Å². The van der Waals surface area contributed by atoms with Crippen LogP contribution in [0.2, 0.25) is 0 Å². The number of thioether (sulfide) groups is 1. The van der Waals surface area contributed by atoms with Crippen molar-refractivity contribution in [1.82, 2.24) is 14.9 Å². The SMILES string of the molecule is O=C(O)CSc1cnc(NC(=O)N(CCOCc2ccncc2)C2CCCCC2)s1. The van der Waals surface area contributed by atoms with Crippen LogP contribution < -0.4 is 5.32 Å². The van der Waals surface area contributed by atoms with E-state index in [0.29, 0.717) is 24.9 Å². The van der Waals surface area contributed by atoms with Crippen LogP contribution in [0.3, 0.4) is 0 Å². The van der Waals surface area contributed by atoms with Crippen molar-refractivity contribution in [3.63, 3.8) is 0 Å². The van der Waals surface area contributed by atoms with Gasteiger partial charge in [-0.1, -0.05) is 30.6 Å². The molecule has 1 aliphatic rings. The molecule has 30 heavy (non-hydrogen) atoms. The number of anilines is 1. The summed E-state index contributed by atoms with van der Waals surface area (Å²) >= 11 is 2.48. The second-order valence-electron chi connectivity index (χ2n) is 6.99. The van der Waals surface area contributed by atoms with Crippen molar-refractivity contribution in [3.8, 4) is 0 Å². The number of aromatic nitrogens is 2. The van der Waals surface area contributed by atoms with E-state index in [4.69, 9.17) is 9.84 Å². The van der Waals surface area contributed by atoms with Crippen molar-refractivity contribution in [2.45, 2.75) is 49.0 Å². The molecule has 10 heteroatoms. The summed E-state index contributed by atoms with van der Waals surface area (Å²) < 4.78 is 6.54. The van der Waals surface area contributed by atoms with Gasteiger partial charge < -0.3 is 14.7 Å². The summed E-state index contributed by atoms with van der Waals surface area (Å²) in [6.45, 7) is 1.44. The van der Waals surface area contributed by atoms with E-state index >= 15 is 0 Å². The lowest BCUT2D eigenvalue weighted by Crippen LogP contribution is -2.45. The van der Waals surface area contributed by atoms with Gasteiger partial charge in [-0.15, -0.1) is 11.8 Å². The molecule has 0 aromatic carbocycles. The number of thiazole rings is 1. The molecule has 3 rings (SSSR count). The Bertz CT molecular complexity index is 812. The van der Waals surface area contributed by atoms with Crippen LogP contribution in [-0.2, 0) is 16.1 Å². The van der Waals surface area contributed by atoms with E-state index in [0.717, 1.165) is 35.5 Å². The monoisotopic (exact) mass is 450 g/mol. The second kappa shape index (κ2) is 11.9. The number of carboxylic acid groups (broad SMARTS) is 1. The molecule has 2 heterocycles. The average Bonchev–Trinajstić information content (AvgIpc) is 3.21. The van der Waals surface area contributed by atoms with Crippen LogP contribution in [0, 0.1) is 0 Å². The zero-order valence-electron chi connectivity index (χ0n) is 16.7. The number of ether oxygens (including phenoxy) is 1. The van der Waals surface area contributed by atoms with Crippen molar-refractivity contribution in [3.05, 3.63) is 36.3 Å². The lowest BCUT2D eigenvalue weighted by Gasteiger charge is -2.34. The molecule has 2 aromatic rings. The summed E-state index contributed by atoms with van der Waals surface area (Å²) in [5.41, 5.74) is 1.05. The quantitative estimate of drug-likeness (QED) is 0.415. The molecule has 1 saturated carbocycles. The van der Waals surface area contributed by atoms with Crippen LogP contribution in [-0.4, -0.2) is 56.9 Å². The Kier molecular flexibility index (Phi) is 8.91. The van der Waals surface area contributed by atoms with Gasteiger partial charge >= 0.3 is 12.0 Å². The average molecular weight is 451 g/mol. The molecule has 1 fully saturated rings. The maximum atomic E-state index is 13.0. The number of urea groups is 1. The van der Waals surface area contributed by atoms with Crippen LogP contribution in [0.15, 0.2) is 34.9 Å². The molecule has 2 N–H and O–H groups in total. The predicted octanol–water partition coefficient (Wildman–Crippen LogP) is 4.10. The third-order valence-electron chi connectivity index (χ3n) is 4.81. The van der Waals surface area contributed by atoms with Gasteiger partial charge in [-0.25, -0.2) is 9.78 Å². The van der Waals surface area contributed by atoms with Gasteiger partial charge in [-0.3, -0.25) is 15.1 Å². The Balaban J connectivity index is 1.54. The highest BCUT2D eigenvalue weighted by atomic mass is 32.2. The topological polar surface area (TPSA) is 105 Å². The smallest absolute Gasteiger partial charge is 0.323 e. The molecule has 0 spiro atoms. The largest absolute Gasteiger partial charge is 0.481 e. The van der Waals surface area contributed by atoms with Gasteiger partial charge in [-0.2, -0.15) is 0 Å². The number of carboxylic acids is 1. The molecule has 0 saturated heterocycles. The first kappa shape index (κ1) is 22.5. The molecule has 1 aliphatic carbocycles. The minimum atomic E-state index is -0.880. The highest BCUT2D eigenvalue weighted by molar-refractivity contribution is 8.01. The minimum absolute atomic E-state index is 0.0292. The third kappa shape index (κ3) is 7.26. The number of hydrogen-bond acceptors (Lipinski definition) is 7. The Morgan fingerprint density at radius 1 is 1.27 bits per heavy atom. The van der Waals surface area contributed by atoms with E-state index in [1.807, 2.05) is 17.0 Å². The van der Waals surface area contributed by atoms with E-state index in [1.54, 1.807) is 18.6 Å². The van der Waals surface area contributed by atoms with Crippen molar-refractivity contribution >= 4 is 40.2 Å². The van der Waals surface area contributed by atoms with Crippen molar-refractivity contribution < 1.29 is 19.4 Å². The van der Waals surface area contributed by atoms with Crippen LogP contribution in [0.25, 0.3) is 0 Å². The molecule has 2 aromatic heterocycles. The summed E-state index contributed by atoms with van der Waals surface area (Å²) in [6, 6.07) is 3.84. The predicted molar refractivity (Wildman–Crippen MR) is 117 cm³/mol. The first-order valence-electron chi connectivity index (χ1n) is 9.96. The number of rotatable bonds is 10. The van der Waals surface area contributed by atoms with Crippen molar-refractivity contribution in [1.29, 1.82) is 0 Å². The molecular weight excluding hydrogens is 424 g/mol.